The van der Waals surface area contributed by atoms with E-state index < -0.39 is 17.7 Å². The van der Waals surface area contributed by atoms with Crippen molar-refractivity contribution in [1.82, 2.24) is 10.3 Å². The topological polar surface area (TPSA) is 110 Å². The van der Waals surface area contributed by atoms with Crippen molar-refractivity contribution >= 4 is 24.0 Å². The zero-order valence-electron chi connectivity index (χ0n) is 9.77. The number of imide groups is 1. The van der Waals surface area contributed by atoms with E-state index >= 15 is 0 Å². The van der Waals surface area contributed by atoms with Gasteiger partial charge >= 0.3 is 0 Å². The maximum atomic E-state index is 11.7. The minimum absolute atomic E-state index is 0.231. The van der Waals surface area contributed by atoms with E-state index in [2.05, 4.69) is 0 Å². The predicted molar refractivity (Wildman–Crippen MR) is 61.3 cm³/mol. The molecule has 1 aliphatic rings. The van der Waals surface area contributed by atoms with E-state index in [1.807, 2.05) is 5.43 Å². The third-order valence-corrected chi connectivity index (χ3v) is 2.55. The molecule has 0 saturated carbocycles. The highest BCUT2D eigenvalue weighted by molar-refractivity contribution is 6.29. The summed E-state index contributed by atoms with van der Waals surface area (Å²) in [5.41, 5.74) is 1.57. The van der Waals surface area contributed by atoms with Crippen LogP contribution < -0.4 is 11.3 Å². The van der Waals surface area contributed by atoms with Gasteiger partial charge in [0.15, 0.2) is 6.29 Å². The molecule has 1 rings (SSSR count). The fourth-order valence-electron chi connectivity index (χ4n) is 1.60. The Hall–Kier alpha value is -2.02. The lowest BCUT2D eigenvalue weighted by molar-refractivity contribution is -0.137. The summed E-state index contributed by atoms with van der Waals surface area (Å²) in [7, 11) is 0. The highest BCUT2D eigenvalue weighted by Gasteiger charge is 2.34. The largest absolute Gasteiger partial charge is 0.291 e. The Bertz CT molecular complexity index is 403. The second kappa shape index (κ2) is 6.65. The van der Waals surface area contributed by atoms with Crippen LogP contribution in [0.15, 0.2) is 11.6 Å². The lowest BCUT2D eigenvalue weighted by Crippen LogP contribution is -2.37. The van der Waals surface area contributed by atoms with Crippen LogP contribution in [-0.2, 0) is 19.2 Å². The van der Waals surface area contributed by atoms with Gasteiger partial charge in [-0.15, -0.1) is 0 Å². The van der Waals surface area contributed by atoms with Crippen molar-refractivity contribution in [2.24, 2.45) is 5.84 Å². The van der Waals surface area contributed by atoms with Gasteiger partial charge in [0, 0.05) is 19.0 Å². The Morgan fingerprint density at radius 3 is 2.67 bits per heavy atom. The number of nitrogens with two attached hydrogens (primary N) is 1. The van der Waals surface area contributed by atoms with Crippen molar-refractivity contribution < 1.29 is 19.2 Å². The van der Waals surface area contributed by atoms with Gasteiger partial charge in [0.25, 0.3) is 17.7 Å². The Labute approximate surface area is 104 Å². The van der Waals surface area contributed by atoms with Gasteiger partial charge in [0.1, 0.15) is 5.57 Å². The summed E-state index contributed by atoms with van der Waals surface area (Å²) in [5, 5.41) is 0. The summed E-state index contributed by atoms with van der Waals surface area (Å²) < 4.78 is 0. The van der Waals surface area contributed by atoms with E-state index in [-0.39, 0.29) is 12.1 Å². The molecule has 7 heteroatoms. The number of unbranched alkanes of at least 4 members (excludes halogenated alkanes) is 3. The zero-order valence-corrected chi connectivity index (χ0v) is 9.77. The summed E-state index contributed by atoms with van der Waals surface area (Å²) in [5.74, 6) is 2.98. The lowest BCUT2D eigenvalue weighted by Gasteiger charge is -2.13. The van der Waals surface area contributed by atoms with Gasteiger partial charge < -0.3 is 0 Å². The van der Waals surface area contributed by atoms with Gasteiger partial charge in [-0.1, -0.05) is 6.42 Å². The predicted octanol–water partition coefficient (Wildman–Crippen LogP) is -1.06. The molecule has 0 saturated heterocycles. The average Bonchev–Trinajstić information content (AvgIpc) is 2.65. The van der Waals surface area contributed by atoms with Gasteiger partial charge in [-0.3, -0.25) is 29.5 Å². The van der Waals surface area contributed by atoms with Crippen LogP contribution in [0.2, 0.25) is 0 Å². The van der Waals surface area contributed by atoms with E-state index in [0.717, 1.165) is 11.0 Å². The summed E-state index contributed by atoms with van der Waals surface area (Å²) in [4.78, 5) is 45.3. The molecule has 0 bridgehead atoms. The van der Waals surface area contributed by atoms with Crippen LogP contribution in [0, 0.1) is 0 Å². The molecular weight excluding hydrogens is 238 g/mol. The van der Waals surface area contributed by atoms with Gasteiger partial charge in [0.2, 0.25) is 0 Å². The highest BCUT2D eigenvalue weighted by Crippen LogP contribution is 2.14. The zero-order chi connectivity index (χ0) is 13.5. The first-order chi connectivity index (χ1) is 8.61. The molecule has 3 amide bonds. The molecule has 0 aliphatic carbocycles. The number of hydrogen-bond donors (Lipinski definition) is 2. The molecule has 0 atom stereocenters. The Balaban J connectivity index is 2.46. The number of hydrazine groups is 1. The molecule has 0 aromatic heterocycles. The van der Waals surface area contributed by atoms with Crippen LogP contribution in [0.4, 0.5) is 0 Å². The van der Waals surface area contributed by atoms with E-state index in [1.165, 1.54) is 0 Å². The van der Waals surface area contributed by atoms with Crippen molar-refractivity contribution in [2.45, 2.75) is 25.7 Å². The maximum Gasteiger partial charge on any atom is 0.270 e. The van der Waals surface area contributed by atoms with Crippen LogP contribution >= 0.6 is 0 Å². The second-order valence-corrected chi connectivity index (χ2v) is 3.78. The van der Waals surface area contributed by atoms with E-state index in [1.54, 1.807) is 6.29 Å². The first kappa shape index (κ1) is 14.0. The van der Waals surface area contributed by atoms with Gasteiger partial charge in [-0.2, -0.15) is 0 Å². The van der Waals surface area contributed by atoms with Crippen molar-refractivity contribution in [3.63, 3.8) is 0 Å². The summed E-state index contributed by atoms with van der Waals surface area (Å²) in [6.45, 7) is 0.231. The van der Waals surface area contributed by atoms with E-state index in [9.17, 15) is 19.2 Å². The monoisotopic (exact) mass is 252 g/mol. The molecule has 18 heavy (non-hydrogen) atoms. The van der Waals surface area contributed by atoms with Crippen molar-refractivity contribution in [3.05, 3.63) is 11.6 Å². The smallest absolute Gasteiger partial charge is 0.270 e. The maximum absolute atomic E-state index is 11.7. The normalized spacial score (nSPS) is 14.7. The minimum Gasteiger partial charge on any atom is -0.291 e. The van der Waals surface area contributed by atoms with E-state index in [4.69, 9.17) is 5.84 Å². The number of hydrogen-bond acceptors (Lipinski definition) is 5. The Kier molecular flexibility index (Phi) is 5.19. The molecule has 0 fully saturated rings. The van der Waals surface area contributed by atoms with Crippen LogP contribution in [0.3, 0.4) is 0 Å². The van der Waals surface area contributed by atoms with Crippen molar-refractivity contribution in [2.75, 3.05) is 6.54 Å². The fourth-order valence-corrected chi connectivity index (χ4v) is 1.60. The lowest BCUT2D eigenvalue weighted by atomic mass is 10.2. The summed E-state index contributed by atoms with van der Waals surface area (Å²) in [6.07, 6.45) is 5.06. The van der Waals surface area contributed by atoms with Crippen molar-refractivity contribution in [1.29, 1.82) is 0 Å². The summed E-state index contributed by atoms with van der Waals surface area (Å²) in [6, 6.07) is 0. The van der Waals surface area contributed by atoms with Gasteiger partial charge in [0.05, 0.1) is 0 Å². The molecule has 0 aromatic carbocycles. The van der Waals surface area contributed by atoms with Gasteiger partial charge in [-0.05, 0) is 12.8 Å². The molecule has 3 N–H and O–H groups in total. The molecular formula is C11H14N3O4. The summed E-state index contributed by atoms with van der Waals surface area (Å²) >= 11 is 0. The third-order valence-electron chi connectivity index (χ3n) is 2.55. The SMILES string of the molecule is NNC(=O)C1=CC(=O)N(CCCCC[C]=O)C1=O. The second-order valence-electron chi connectivity index (χ2n) is 3.78. The van der Waals surface area contributed by atoms with Gasteiger partial charge in [-0.25, -0.2) is 5.84 Å². The molecule has 1 radical (unpaired) electrons. The molecule has 0 spiro atoms. The standard InChI is InChI=1S/C11H14N3O4/c12-13-10(17)8-7-9(16)14(11(8)18)5-3-1-2-4-6-15/h7H,1-5,12H2,(H,13,17). The minimum atomic E-state index is -0.772. The third kappa shape index (κ3) is 3.24. The highest BCUT2D eigenvalue weighted by atomic mass is 16.2. The van der Waals surface area contributed by atoms with Crippen molar-refractivity contribution in [3.8, 4) is 0 Å². The Morgan fingerprint density at radius 1 is 1.33 bits per heavy atom. The number of nitrogens with zero attached hydrogens (tertiary/aromatic N) is 1. The number of rotatable bonds is 7. The molecule has 0 aromatic rings. The van der Waals surface area contributed by atoms with E-state index in [0.29, 0.717) is 25.7 Å². The number of nitrogens with one attached hydrogen (secondary N) is 1. The van der Waals surface area contributed by atoms with Crippen LogP contribution in [-0.4, -0.2) is 35.5 Å². The quantitative estimate of drug-likeness (QED) is 0.150. The fraction of sp³-hybridized carbons (Fsp3) is 0.455. The van der Waals surface area contributed by atoms with Crippen LogP contribution in [0.5, 0.6) is 0 Å². The molecule has 7 nitrogen and oxygen atoms in total. The first-order valence-corrected chi connectivity index (χ1v) is 5.55. The number of amides is 3. The van der Waals surface area contributed by atoms with Crippen LogP contribution in [0.1, 0.15) is 25.7 Å². The average molecular weight is 252 g/mol. The number of carbonyl (C=O) groups excluding carboxylic acids is 4. The molecule has 1 aliphatic heterocycles. The Morgan fingerprint density at radius 2 is 2.06 bits per heavy atom. The molecule has 1 heterocycles. The molecule has 97 valence electrons. The molecule has 0 unspecified atom stereocenters. The van der Waals surface area contributed by atoms with Crippen LogP contribution in [0.25, 0.3) is 0 Å². The number of carbonyl (C=O) groups is 3. The first-order valence-electron chi connectivity index (χ1n) is 5.55.